The molecule has 0 radical (unpaired) electrons. The fraction of sp³-hybridized carbons (Fsp3) is 0.417. The number of nitrogens with zero attached hydrogens (tertiary/aromatic N) is 1. The van der Waals surface area contributed by atoms with Crippen molar-refractivity contribution >= 4 is 11.8 Å². The van der Waals surface area contributed by atoms with E-state index < -0.39 is 5.82 Å². The van der Waals surface area contributed by atoms with Crippen LogP contribution in [0.2, 0.25) is 0 Å². The Bertz CT molecular complexity index is 437. The molecular formula is C12H12FNO3. The van der Waals surface area contributed by atoms with E-state index in [0.29, 0.717) is 6.61 Å². The minimum atomic E-state index is -0.542. The molecule has 1 aromatic carbocycles. The first-order chi connectivity index (χ1) is 8.31. The van der Waals surface area contributed by atoms with Crippen LogP contribution in [0, 0.1) is 5.82 Å². The van der Waals surface area contributed by atoms with Crippen LogP contribution in [-0.2, 0) is 9.53 Å². The Morgan fingerprint density at radius 3 is 3.18 bits per heavy atom. The van der Waals surface area contributed by atoms with Gasteiger partial charge in [0.1, 0.15) is 12.3 Å². The predicted molar refractivity (Wildman–Crippen MR) is 58.7 cm³/mol. The van der Waals surface area contributed by atoms with E-state index in [1.807, 2.05) is 0 Å². The van der Waals surface area contributed by atoms with Gasteiger partial charge in [-0.15, -0.1) is 0 Å². The van der Waals surface area contributed by atoms with Gasteiger partial charge in [0.2, 0.25) is 6.08 Å². The first-order valence-corrected chi connectivity index (χ1v) is 5.42. The third-order valence-electron chi connectivity index (χ3n) is 2.55. The summed E-state index contributed by atoms with van der Waals surface area (Å²) in [4.78, 5) is 13.6. The van der Waals surface area contributed by atoms with Crippen molar-refractivity contribution in [1.29, 1.82) is 0 Å². The van der Waals surface area contributed by atoms with Crippen molar-refractivity contribution in [3.63, 3.8) is 0 Å². The molecule has 0 saturated carbocycles. The smallest absolute Gasteiger partial charge is 0.240 e. The predicted octanol–water partition coefficient (Wildman–Crippen LogP) is 2.35. The van der Waals surface area contributed by atoms with E-state index in [1.54, 1.807) is 0 Å². The summed E-state index contributed by atoms with van der Waals surface area (Å²) in [6.07, 6.45) is 3.26. The minimum Gasteiger partial charge on any atom is -0.486 e. The van der Waals surface area contributed by atoms with Crippen LogP contribution in [0.4, 0.5) is 10.1 Å². The second-order valence-electron chi connectivity index (χ2n) is 3.74. The largest absolute Gasteiger partial charge is 0.486 e. The molecule has 1 heterocycles. The SMILES string of the molecule is O=C=Nc1cccc(F)c1OCC1CCCO1. The number of hydrogen-bond donors (Lipinski definition) is 0. The minimum absolute atomic E-state index is 0.0114. The van der Waals surface area contributed by atoms with Crippen molar-refractivity contribution in [3.8, 4) is 5.75 Å². The van der Waals surface area contributed by atoms with Crippen molar-refractivity contribution in [2.24, 2.45) is 4.99 Å². The third-order valence-corrected chi connectivity index (χ3v) is 2.55. The zero-order chi connectivity index (χ0) is 12.1. The maximum atomic E-state index is 13.5. The summed E-state index contributed by atoms with van der Waals surface area (Å²) < 4.78 is 24.2. The van der Waals surface area contributed by atoms with E-state index in [4.69, 9.17) is 9.47 Å². The standard InChI is InChI=1S/C12H12FNO3/c13-10-4-1-5-11(14-8-15)12(10)17-7-9-3-2-6-16-9/h1,4-5,9H,2-3,6-7H2. The van der Waals surface area contributed by atoms with Gasteiger partial charge in [-0.3, -0.25) is 0 Å². The van der Waals surface area contributed by atoms with Crippen LogP contribution in [0.15, 0.2) is 23.2 Å². The number of carbonyl (C=O) groups excluding carboxylic acids is 1. The summed E-state index contributed by atoms with van der Waals surface area (Å²) in [7, 11) is 0. The highest BCUT2D eigenvalue weighted by atomic mass is 19.1. The monoisotopic (exact) mass is 237 g/mol. The molecule has 0 aliphatic carbocycles. The van der Waals surface area contributed by atoms with Crippen LogP contribution in [0.25, 0.3) is 0 Å². The highest BCUT2D eigenvalue weighted by molar-refractivity contribution is 5.57. The van der Waals surface area contributed by atoms with Gasteiger partial charge in [0.25, 0.3) is 0 Å². The fourth-order valence-corrected chi connectivity index (χ4v) is 1.73. The number of benzene rings is 1. The van der Waals surface area contributed by atoms with Gasteiger partial charge < -0.3 is 9.47 Å². The topological polar surface area (TPSA) is 47.9 Å². The van der Waals surface area contributed by atoms with E-state index in [9.17, 15) is 9.18 Å². The van der Waals surface area contributed by atoms with Crippen LogP contribution < -0.4 is 4.74 Å². The Morgan fingerprint density at radius 1 is 1.59 bits per heavy atom. The Hall–Kier alpha value is -1.71. The molecule has 0 bridgehead atoms. The van der Waals surface area contributed by atoms with Crippen LogP contribution in [0.5, 0.6) is 5.75 Å². The number of halogens is 1. The van der Waals surface area contributed by atoms with Crippen LogP contribution >= 0.6 is 0 Å². The fourth-order valence-electron chi connectivity index (χ4n) is 1.73. The molecule has 17 heavy (non-hydrogen) atoms. The number of para-hydroxylation sites is 1. The second-order valence-corrected chi connectivity index (χ2v) is 3.74. The first-order valence-electron chi connectivity index (χ1n) is 5.42. The molecule has 1 aliphatic rings. The Morgan fingerprint density at radius 2 is 2.47 bits per heavy atom. The molecule has 5 heteroatoms. The van der Waals surface area contributed by atoms with Crippen LogP contribution in [0.1, 0.15) is 12.8 Å². The van der Waals surface area contributed by atoms with E-state index in [-0.39, 0.29) is 24.1 Å². The molecule has 1 unspecified atom stereocenters. The first kappa shape index (κ1) is 11.8. The van der Waals surface area contributed by atoms with Gasteiger partial charge in [0.05, 0.1) is 6.10 Å². The van der Waals surface area contributed by atoms with Crippen molar-refractivity contribution < 1.29 is 18.7 Å². The molecule has 1 saturated heterocycles. The normalized spacial score (nSPS) is 18.8. The molecule has 1 fully saturated rings. The second kappa shape index (κ2) is 5.57. The highest BCUT2D eigenvalue weighted by Gasteiger charge is 2.18. The Labute approximate surface area is 98.1 Å². The average molecular weight is 237 g/mol. The summed E-state index contributed by atoms with van der Waals surface area (Å²) in [5.41, 5.74) is 0.151. The third kappa shape index (κ3) is 2.90. The van der Waals surface area contributed by atoms with Crippen LogP contribution in [-0.4, -0.2) is 25.4 Å². The summed E-state index contributed by atoms with van der Waals surface area (Å²) >= 11 is 0. The molecule has 1 aromatic rings. The maximum absolute atomic E-state index is 13.5. The van der Waals surface area contributed by atoms with Gasteiger partial charge in [-0.05, 0) is 25.0 Å². The molecule has 0 spiro atoms. The van der Waals surface area contributed by atoms with Crippen molar-refractivity contribution in [2.45, 2.75) is 18.9 Å². The molecule has 90 valence electrons. The maximum Gasteiger partial charge on any atom is 0.240 e. The van der Waals surface area contributed by atoms with Crippen molar-refractivity contribution in [3.05, 3.63) is 24.0 Å². The molecule has 4 nitrogen and oxygen atoms in total. The molecule has 0 aromatic heterocycles. The van der Waals surface area contributed by atoms with Gasteiger partial charge in [-0.25, -0.2) is 9.18 Å². The lowest BCUT2D eigenvalue weighted by Gasteiger charge is -2.12. The van der Waals surface area contributed by atoms with Gasteiger partial charge in [-0.2, -0.15) is 4.99 Å². The van der Waals surface area contributed by atoms with E-state index in [2.05, 4.69) is 4.99 Å². The zero-order valence-electron chi connectivity index (χ0n) is 9.19. The molecule has 0 N–H and O–H groups in total. The van der Waals surface area contributed by atoms with Gasteiger partial charge >= 0.3 is 0 Å². The Kier molecular flexibility index (Phi) is 3.85. The van der Waals surface area contributed by atoms with E-state index >= 15 is 0 Å². The molecule has 1 atom stereocenters. The van der Waals surface area contributed by atoms with E-state index in [0.717, 1.165) is 12.8 Å². The number of rotatable bonds is 4. The van der Waals surface area contributed by atoms with Crippen molar-refractivity contribution in [2.75, 3.05) is 13.2 Å². The number of isocyanates is 1. The summed E-state index contributed by atoms with van der Waals surface area (Å²) in [5.74, 6) is -0.564. The summed E-state index contributed by atoms with van der Waals surface area (Å²) in [6.45, 7) is 0.979. The van der Waals surface area contributed by atoms with Gasteiger partial charge in [-0.1, -0.05) is 6.07 Å². The number of aliphatic imine (C=N–C) groups is 1. The Balaban J connectivity index is 2.10. The number of hydrogen-bond acceptors (Lipinski definition) is 4. The molecule has 1 aliphatic heterocycles. The van der Waals surface area contributed by atoms with Gasteiger partial charge in [0, 0.05) is 6.61 Å². The average Bonchev–Trinajstić information content (AvgIpc) is 2.82. The lowest BCUT2D eigenvalue weighted by Crippen LogP contribution is -2.16. The zero-order valence-corrected chi connectivity index (χ0v) is 9.19. The summed E-state index contributed by atoms with van der Waals surface area (Å²) in [6, 6.07) is 4.22. The van der Waals surface area contributed by atoms with E-state index in [1.165, 1.54) is 24.3 Å². The lowest BCUT2D eigenvalue weighted by molar-refractivity contribution is 0.0668. The lowest BCUT2D eigenvalue weighted by atomic mass is 10.2. The quantitative estimate of drug-likeness (QED) is 0.596. The van der Waals surface area contributed by atoms with Gasteiger partial charge in [0.15, 0.2) is 11.6 Å². The molecular weight excluding hydrogens is 225 g/mol. The summed E-state index contributed by atoms with van der Waals surface area (Å²) in [5, 5.41) is 0. The highest BCUT2D eigenvalue weighted by Crippen LogP contribution is 2.30. The molecule has 0 amide bonds. The number of ether oxygens (including phenoxy) is 2. The molecule has 2 rings (SSSR count). The van der Waals surface area contributed by atoms with Crippen LogP contribution in [0.3, 0.4) is 0 Å². The van der Waals surface area contributed by atoms with Crippen molar-refractivity contribution in [1.82, 2.24) is 0 Å².